The zero-order valence-corrected chi connectivity index (χ0v) is 11.4. The molecule has 0 aliphatic carbocycles. The van der Waals surface area contributed by atoms with Crippen molar-refractivity contribution in [2.45, 2.75) is 58.4 Å². The molecular weight excluding hydrogens is 232 g/mol. The fourth-order valence-corrected chi connectivity index (χ4v) is 1.71. The molecule has 0 saturated heterocycles. The number of carboxylic acids is 1. The Morgan fingerprint density at radius 3 is 2.33 bits per heavy atom. The molecule has 0 aromatic heterocycles. The first kappa shape index (κ1) is 16.9. The van der Waals surface area contributed by atoms with Gasteiger partial charge in [0, 0.05) is 13.0 Å². The van der Waals surface area contributed by atoms with Crippen molar-refractivity contribution in [1.82, 2.24) is 5.32 Å². The number of hydrogen-bond acceptors (Lipinski definition) is 3. The van der Waals surface area contributed by atoms with E-state index >= 15 is 0 Å². The van der Waals surface area contributed by atoms with Gasteiger partial charge in [0.2, 0.25) is 5.91 Å². The molecule has 0 spiro atoms. The number of hydrogen-bond donors (Lipinski definition) is 3. The van der Waals surface area contributed by atoms with Gasteiger partial charge in [-0.3, -0.25) is 9.59 Å². The van der Waals surface area contributed by atoms with Gasteiger partial charge in [-0.1, -0.05) is 26.7 Å². The number of carbonyl (C=O) groups is 2. The second-order valence-electron chi connectivity index (χ2n) is 5.09. The molecule has 0 heterocycles. The van der Waals surface area contributed by atoms with Crippen molar-refractivity contribution in [1.29, 1.82) is 0 Å². The van der Waals surface area contributed by atoms with E-state index < -0.39 is 12.0 Å². The first-order valence-electron chi connectivity index (χ1n) is 6.68. The van der Waals surface area contributed by atoms with Crippen molar-refractivity contribution < 1.29 is 14.7 Å². The van der Waals surface area contributed by atoms with Crippen LogP contribution in [0.3, 0.4) is 0 Å². The Kier molecular flexibility index (Phi) is 9.28. The molecule has 0 aromatic rings. The summed E-state index contributed by atoms with van der Waals surface area (Å²) in [7, 11) is 0. The van der Waals surface area contributed by atoms with Crippen LogP contribution in [-0.4, -0.2) is 29.6 Å². The fraction of sp³-hybridized carbons (Fsp3) is 0.846. The van der Waals surface area contributed by atoms with Crippen molar-refractivity contribution in [2.75, 3.05) is 6.54 Å². The van der Waals surface area contributed by atoms with Crippen molar-refractivity contribution in [3.8, 4) is 0 Å². The number of aliphatic carboxylic acids is 1. The summed E-state index contributed by atoms with van der Waals surface area (Å²) in [5.74, 6) is -0.418. The van der Waals surface area contributed by atoms with E-state index in [2.05, 4.69) is 5.32 Å². The van der Waals surface area contributed by atoms with Crippen molar-refractivity contribution in [3.63, 3.8) is 0 Å². The maximum Gasteiger partial charge on any atom is 0.303 e. The highest BCUT2D eigenvalue weighted by Gasteiger charge is 2.13. The van der Waals surface area contributed by atoms with E-state index in [-0.39, 0.29) is 12.3 Å². The molecule has 0 aromatic carbocycles. The zero-order valence-electron chi connectivity index (χ0n) is 11.4. The van der Waals surface area contributed by atoms with Crippen LogP contribution >= 0.6 is 0 Å². The van der Waals surface area contributed by atoms with E-state index in [4.69, 9.17) is 10.8 Å². The first-order chi connectivity index (χ1) is 8.43. The highest BCUT2D eigenvalue weighted by molar-refractivity contribution is 5.81. The minimum absolute atomic E-state index is 0.0887. The summed E-state index contributed by atoms with van der Waals surface area (Å²) >= 11 is 0. The number of rotatable bonds is 10. The molecule has 0 saturated carbocycles. The molecule has 1 atom stereocenters. The quantitative estimate of drug-likeness (QED) is 0.518. The molecule has 0 rings (SSSR count). The summed E-state index contributed by atoms with van der Waals surface area (Å²) in [6, 6.07) is -0.419. The van der Waals surface area contributed by atoms with E-state index in [1.54, 1.807) is 0 Å². The zero-order chi connectivity index (χ0) is 14.0. The maximum absolute atomic E-state index is 11.5. The molecule has 0 fully saturated rings. The van der Waals surface area contributed by atoms with Crippen LogP contribution in [0.2, 0.25) is 0 Å². The molecule has 0 aliphatic heterocycles. The predicted molar refractivity (Wildman–Crippen MR) is 71.2 cm³/mol. The lowest BCUT2D eigenvalue weighted by atomic mass is 10.0. The van der Waals surface area contributed by atoms with E-state index in [0.29, 0.717) is 25.3 Å². The van der Waals surface area contributed by atoms with Gasteiger partial charge < -0.3 is 16.2 Å². The minimum atomic E-state index is -0.747. The topological polar surface area (TPSA) is 92.4 Å². The van der Waals surface area contributed by atoms with Crippen LogP contribution in [0.25, 0.3) is 0 Å². The molecule has 0 radical (unpaired) electrons. The summed E-state index contributed by atoms with van der Waals surface area (Å²) in [4.78, 5) is 21.8. The van der Waals surface area contributed by atoms with Gasteiger partial charge in [-0.05, 0) is 25.2 Å². The molecule has 0 unspecified atom stereocenters. The third-order valence-corrected chi connectivity index (χ3v) is 2.68. The Morgan fingerprint density at radius 1 is 1.17 bits per heavy atom. The Balaban J connectivity index is 3.43. The number of amides is 1. The van der Waals surface area contributed by atoms with Gasteiger partial charge in [-0.2, -0.15) is 0 Å². The molecule has 106 valence electrons. The molecule has 0 bridgehead atoms. The summed E-state index contributed by atoms with van der Waals surface area (Å²) in [5.41, 5.74) is 5.74. The minimum Gasteiger partial charge on any atom is -0.481 e. The standard InChI is InChI=1S/C13H26N2O3/c1-10(2)9-11(14)13(18)15-8-6-4-3-5-7-12(16)17/h10-11H,3-9,14H2,1-2H3,(H,15,18)(H,16,17)/t11-/m1/s1. The monoisotopic (exact) mass is 258 g/mol. The molecular formula is C13H26N2O3. The van der Waals surface area contributed by atoms with Gasteiger partial charge in [-0.15, -0.1) is 0 Å². The molecule has 5 heteroatoms. The van der Waals surface area contributed by atoms with Crippen LogP contribution in [-0.2, 0) is 9.59 Å². The van der Waals surface area contributed by atoms with Crippen LogP contribution < -0.4 is 11.1 Å². The number of carbonyl (C=O) groups excluding carboxylic acids is 1. The molecule has 18 heavy (non-hydrogen) atoms. The van der Waals surface area contributed by atoms with Crippen LogP contribution in [0.5, 0.6) is 0 Å². The highest BCUT2D eigenvalue weighted by Crippen LogP contribution is 2.04. The summed E-state index contributed by atoms with van der Waals surface area (Å²) < 4.78 is 0. The fourth-order valence-electron chi connectivity index (χ4n) is 1.71. The van der Waals surface area contributed by atoms with E-state index in [1.165, 1.54) is 0 Å². The normalized spacial score (nSPS) is 12.4. The van der Waals surface area contributed by atoms with Gasteiger partial charge in [0.15, 0.2) is 0 Å². The molecule has 1 amide bonds. The summed E-state index contributed by atoms with van der Waals surface area (Å²) in [5, 5.41) is 11.3. The van der Waals surface area contributed by atoms with Crippen molar-refractivity contribution in [3.05, 3.63) is 0 Å². The largest absolute Gasteiger partial charge is 0.481 e. The van der Waals surface area contributed by atoms with E-state index in [9.17, 15) is 9.59 Å². The summed E-state index contributed by atoms with van der Waals surface area (Å²) in [6.07, 6.45) is 4.33. The van der Waals surface area contributed by atoms with Crippen LogP contribution in [0.15, 0.2) is 0 Å². The Bertz CT molecular complexity index is 255. The van der Waals surface area contributed by atoms with Gasteiger partial charge in [0.05, 0.1) is 6.04 Å². The highest BCUT2D eigenvalue weighted by atomic mass is 16.4. The molecule has 4 N–H and O–H groups in total. The number of nitrogens with one attached hydrogen (secondary N) is 1. The number of unbranched alkanes of at least 4 members (excludes halogenated alkanes) is 3. The molecule has 0 aliphatic rings. The lowest BCUT2D eigenvalue weighted by Crippen LogP contribution is -2.41. The predicted octanol–water partition coefficient (Wildman–Crippen LogP) is 1.51. The third kappa shape index (κ3) is 10.1. The van der Waals surface area contributed by atoms with Gasteiger partial charge in [-0.25, -0.2) is 0 Å². The smallest absolute Gasteiger partial charge is 0.303 e. The lowest BCUT2D eigenvalue weighted by Gasteiger charge is -2.13. The van der Waals surface area contributed by atoms with Gasteiger partial charge in [0.1, 0.15) is 0 Å². The van der Waals surface area contributed by atoms with Crippen molar-refractivity contribution >= 4 is 11.9 Å². The Morgan fingerprint density at radius 2 is 1.78 bits per heavy atom. The van der Waals surface area contributed by atoms with E-state index in [0.717, 1.165) is 19.3 Å². The second kappa shape index (κ2) is 9.88. The number of nitrogens with two attached hydrogens (primary N) is 1. The summed E-state index contributed by atoms with van der Waals surface area (Å²) in [6.45, 7) is 4.70. The van der Waals surface area contributed by atoms with Gasteiger partial charge >= 0.3 is 5.97 Å². The van der Waals surface area contributed by atoms with Crippen LogP contribution in [0.4, 0.5) is 0 Å². The third-order valence-electron chi connectivity index (χ3n) is 2.68. The van der Waals surface area contributed by atoms with Crippen LogP contribution in [0.1, 0.15) is 52.4 Å². The van der Waals surface area contributed by atoms with Gasteiger partial charge in [0.25, 0.3) is 0 Å². The lowest BCUT2D eigenvalue weighted by molar-refractivity contribution is -0.137. The van der Waals surface area contributed by atoms with E-state index in [1.807, 2.05) is 13.8 Å². The molecule has 5 nitrogen and oxygen atoms in total. The second-order valence-corrected chi connectivity index (χ2v) is 5.09. The first-order valence-corrected chi connectivity index (χ1v) is 6.68. The number of carboxylic acid groups (broad SMARTS) is 1. The average Bonchev–Trinajstić information content (AvgIpc) is 2.26. The van der Waals surface area contributed by atoms with Crippen LogP contribution in [0, 0.1) is 5.92 Å². The SMILES string of the molecule is CC(C)C[C@@H](N)C(=O)NCCCCCCC(=O)O. The van der Waals surface area contributed by atoms with Crippen molar-refractivity contribution in [2.24, 2.45) is 11.7 Å². The Hall–Kier alpha value is -1.10. The Labute approximate surface area is 109 Å². The maximum atomic E-state index is 11.5. The average molecular weight is 258 g/mol.